The largest absolute Gasteiger partial charge is 0.278 e. The van der Waals surface area contributed by atoms with Gasteiger partial charge in [0.1, 0.15) is 5.82 Å². The molecule has 1 fully saturated rings. The Morgan fingerprint density at radius 1 is 1.50 bits per heavy atom. The summed E-state index contributed by atoms with van der Waals surface area (Å²) in [6, 6.07) is 4.18. The highest BCUT2D eigenvalue weighted by Gasteiger charge is 2.33. The Balaban J connectivity index is 2.21. The summed E-state index contributed by atoms with van der Waals surface area (Å²) in [6.07, 6.45) is 1.32. The summed E-state index contributed by atoms with van der Waals surface area (Å²) in [5.41, 5.74) is 0.790. The van der Waals surface area contributed by atoms with Crippen molar-refractivity contribution >= 4 is 11.8 Å². The van der Waals surface area contributed by atoms with E-state index in [-0.39, 0.29) is 23.5 Å². The maximum atomic E-state index is 13.1. The summed E-state index contributed by atoms with van der Waals surface area (Å²) >= 11 is 0. The van der Waals surface area contributed by atoms with E-state index < -0.39 is 0 Å². The van der Waals surface area contributed by atoms with E-state index in [0.717, 1.165) is 6.42 Å². The molecule has 1 atom stereocenters. The number of amides is 2. The van der Waals surface area contributed by atoms with Gasteiger partial charge in [0.25, 0.3) is 5.91 Å². The van der Waals surface area contributed by atoms with Gasteiger partial charge in [-0.3, -0.25) is 14.5 Å². The second kappa shape index (κ2) is 4.88. The van der Waals surface area contributed by atoms with Crippen molar-refractivity contribution in [2.24, 2.45) is 5.92 Å². The SMILES string of the molecule is CCC1CC(=O)N(C(=O)c2ccc(F)c(C)c2)C1. The van der Waals surface area contributed by atoms with Crippen LogP contribution in [0.5, 0.6) is 0 Å². The first-order chi connectivity index (χ1) is 8.52. The summed E-state index contributed by atoms with van der Waals surface area (Å²) in [6.45, 7) is 4.09. The standard InChI is InChI=1S/C14H16FNO2/c1-3-10-7-13(17)16(8-10)14(18)11-4-5-12(15)9(2)6-11/h4-6,10H,3,7-8H2,1-2H3. The second-order valence-corrected chi connectivity index (χ2v) is 4.75. The van der Waals surface area contributed by atoms with Crippen molar-refractivity contribution in [1.29, 1.82) is 0 Å². The predicted octanol–water partition coefficient (Wildman–Crippen LogP) is 2.53. The first-order valence-corrected chi connectivity index (χ1v) is 6.13. The third kappa shape index (κ3) is 2.28. The average molecular weight is 249 g/mol. The van der Waals surface area contributed by atoms with Crippen LogP contribution < -0.4 is 0 Å². The fourth-order valence-corrected chi connectivity index (χ4v) is 2.18. The molecule has 1 saturated heterocycles. The van der Waals surface area contributed by atoms with Gasteiger partial charge >= 0.3 is 0 Å². The predicted molar refractivity (Wildman–Crippen MR) is 65.6 cm³/mol. The molecule has 0 aromatic heterocycles. The molecule has 18 heavy (non-hydrogen) atoms. The highest BCUT2D eigenvalue weighted by molar-refractivity contribution is 6.05. The zero-order chi connectivity index (χ0) is 13.3. The molecule has 1 heterocycles. The van der Waals surface area contributed by atoms with Gasteiger partial charge in [-0.1, -0.05) is 13.3 Å². The van der Waals surface area contributed by atoms with Crippen molar-refractivity contribution in [1.82, 2.24) is 4.90 Å². The van der Waals surface area contributed by atoms with Gasteiger partial charge in [-0.05, 0) is 36.6 Å². The van der Waals surface area contributed by atoms with Gasteiger partial charge in [0.2, 0.25) is 5.91 Å². The topological polar surface area (TPSA) is 37.4 Å². The molecule has 0 saturated carbocycles. The van der Waals surface area contributed by atoms with E-state index in [9.17, 15) is 14.0 Å². The van der Waals surface area contributed by atoms with E-state index in [4.69, 9.17) is 0 Å². The van der Waals surface area contributed by atoms with E-state index in [0.29, 0.717) is 24.1 Å². The number of imide groups is 1. The highest BCUT2D eigenvalue weighted by Crippen LogP contribution is 2.23. The summed E-state index contributed by atoms with van der Waals surface area (Å²) < 4.78 is 13.1. The molecule has 0 N–H and O–H groups in total. The van der Waals surface area contributed by atoms with E-state index in [1.165, 1.54) is 23.1 Å². The van der Waals surface area contributed by atoms with E-state index in [2.05, 4.69) is 0 Å². The number of carbonyl (C=O) groups excluding carboxylic acids is 2. The van der Waals surface area contributed by atoms with Gasteiger partial charge in [0.15, 0.2) is 0 Å². The van der Waals surface area contributed by atoms with Crippen LogP contribution in [0.25, 0.3) is 0 Å². The van der Waals surface area contributed by atoms with E-state index >= 15 is 0 Å². The van der Waals surface area contributed by atoms with Crippen LogP contribution >= 0.6 is 0 Å². The molecule has 2 rings (SSSR count). The Bertz CT molecular complexity index is 499. The fraction of sp³-hybridized carbons (Fsp3) is 0.429. The van der Waals surface area contributed by atoms with Gasteiger partial charge in [-0.25, -0.2) is 4.39 Å². The Morgan fingerprint density at radius 2 is 2.22 bits per heavy atom. The Morgan fingerprint density at radius 3 is 2.78 bits per heavy atom. The summed E-state index contributed by atoms with van der Waals surface area (Å²) in [4.78, 5) is 25.2. The molecule has 0 aliphatic carbocycles. The number of likely N-dealkylation sites (tertiary alicyclic amines) is 1. The Hall–Kier alpha value is -1.71. The van der Waals surface area contributed by atoms with Crippen LogP contribution in [0.1, 0.15) is 35.7 Å². The molecule has 1 aromatic rings. The quantitative estimate of drug-likeness (QED) is 0.755. The molecule has 0 spiro atoms. The molecular formula is C14H16FNO2. The molecule has 4 heteroatoms. The molecule has 0 radical (unpaired) electrons. The lowest BCUT2D eigenvalue weighted by atomic mass is 10.1. The average Bonchev–Trinajstić information content (AvgIpc) is 2.73. The van der Waals surface area contributed by atoms with Crippen molar-refractivity contribution in [3.05, 3.63) is 35.1 Å². The zero-order valence-corrected chi connectivity index (χ0v) is 10.6. The van der Waals surface area contributed by atoms with Crippen LogP contribution in [-0.2, 0) is 4.79 Å². The van der Waals surface area contributed by atoms with Gasteiger partial charge in [-0.15, -0.1) is 0 Å². The number of hydrogen-bond acceptors (Lipinski definition) is 2. The van der Waals surface area contributed by atoms with Gasteiger partial charge in [0.05, 0.1) is 0 Å². The molecule has 1 unspecified atom stereocenters. The lowest BCUT2D eigenvalue weighted by Crippen LogP contribution is -2.32. The first-order valence-electron chi connectivity index (χ1n) is 6.13. The van der Waals surface area contributed by atoms with E-state index in [1.54, 1.807) is 6.92 Å². The Labute approximate surface area is 106 Å². The van der Waals surface area contributed by atoms with Crippen molar-refractivity contribution in [2.45, 2.75) is 26.7 Å². The van der Waals surface area contributed by atoms with Crippen LogP contribution in [0.3, 0.4) is 0 Å². The van der Waals surface area contributed by atoms with Gasteiger partial charge < -0.3 is 0 Å². The molecule has 3 nitrogen and oxygen atoms in total. The second-order valence-electron chi connectivity index (χ2n) is 4.75. The molecular weight excluding hydrogens is 233 g/mol. The number of hydrogen-bond donors (Lipinski definition) is 0. The highest BCUT2D eigenvalue weighted by atomic mass is 19.1. The summed E-state index contributed by atoms with van der Waals surface area (Å²) in [5, 5.41) is 0. The van der Waals surface area contributed by atoms with Crippen molar-refractivity contribution < 1.29 is 14.0 Å². The summed E-state index contributed by atoms with van der Waals surface area (Å²) in [5.74, 6) is -0.540. The van der Waals surface area contributed by atoms with Crippen molar-refractivity contribution in [3.63, 3.8) is 0 Å². The van der Waals surface area contributed by atoms with Crippen molar-refractivity contribution in [2.75, 3.05) is 6.54 Å². The normalized spacial score (nSPS) is 19.4. The smallest absolute Gasteiger partial charge is 0.260 e. The molecule has 0 bridgehead atoms. The molecule has 96 valence electrons. The maximum absolute atomic E-state index is 13.1. The number of carbonyl (C=O) groups is 2. The van der Waals surface area contributed by atoms with Crippen molar-refractivity contribution in [3.8, 4) is 0 Å². The molecule has 1 aliphatic rings. The number of aryl methyl sites for hydroxylation is 1. The minimum absolute atomic E-state index is 0.131. The van der Waals surface area contributed by atoms with Gasteiger partial charge in [-0.2, -0.15) is 0 Å². The third-order valence-corrected chi connectivity index (χ3v) is 3.43. The van der Waals surface area contributed by atoms with E-state index in [1.807, 2.05) is 6.92 Å². The number of nitrogens with zero attached hydrogens (tertiary/aromatic N) is 1. The van der Waals surface area contributed by atoms with Gasteiger partial charge in [0, 0.05) is 18.5 Å². The monoisotopic (exact) mass is 249 g/mol. The van der Waals surface area contributed by atoms with Crippen LogP contribution in [0.15, 0.2) is 18.2 Å². The fourth-order valence-electron chi connectivity index (χ4n) is 2.18. The lowest BCUT2D eigenvalue weighted by Gasteiger charge is -2.14. The molecule has 1 aliphatic heterocycles. The summed E-state index contributed by atoms with van der Waals surface area (Å²) in [7, 11) is 0. The van der Waals surface area contributed by atoms with Crippen LogP contribution in [0.4, 0.5) is 4.39 Å². The first kappa shape index (κ1) is 12.7. The van der Waals surface area contributed by atoms with Crippen LogP contribution in [0, 0.1) is 18.7 Å². The minimum Gasteiger partial charge on any atom is -0.278 e. The zero-order valence-electron chi connectivity index (χ0n) is 10.6. The lowest BCUT2D eigenvalue weighted by molar-refractivity contribution is -0.125. The molecule has 2 amide bonds. The number of rotatable bonds is 2. The van der Waals surface area contributed by atoms with Crippen LogP contribution in [0.2, 0.25) is 0 Å². The maximum Gasteiger partial charge on any atom is 0.260 e. The minimum atomic E-state index is -0.342. The number of benzene rings is 1. The third-order valence-electron chi connectivity index (χ3n) is 3.43. The van der Waals surface area contributed by atoms with Crippen LogP contribution in [-0.4, -0.2) is 23.3 Å². The molecule has 1 aromatic carbocycles. The Kier molecular flexibility index (Phi) is 3.45. The number of halogens is 1.